The summed E-state index contributed by atoms with van der Waals surface area (Å²) >= 11 is 0. The van der Waals surface area contributed by atoms with E-state index in [4.69, 9.17) is 13.9 Å². The standard InChI is InChI=1S/C25H18O9/c26-15-11-18(28)25-19(29)13-20(33-22(25)12-15)14-6-7-17(27)21(10-14)34-24(31)9-8-23(30)32-16-4-2-1-3-5-16/h1-7,10-13,26-28H,8-9H2. The van der Waals surface area contributed by atoms with Gasteiger partial charge in [-0.25, -0.2) is 0 Å². The van der Waals surface area contributed by atoms with E-state index in [1.807, 2.05) is 0 Å². The smallest absolute Gasteiger partial charge is 0.311 e. The number of carbonyl (C=O) groups is 2. The number of phenols is 3. The Kier molecular flexibility index (Phi) is 6.18. The second kappa shape index (κ2) is 9.37. The van der Waals surface area contributed by atoms with Crippen LogP contribution in [-0.2, 0) is 9.59 Å². The molecule has 0 aliphatic carbocycles. The topological polar surface area (TPSA) is 144 Å². The first kappa shape index (κ1) is 22.4. The van der Waals surface area contributed by atoms with Gasteiger partial charge in [0.25, 0.3) is 0 Å². The van der Waals surface area contributed by atoms with Gasteiger partial charge in [-0.15, -0.1) is 0 Å². The van der Waals surface area contributed by atoms with Crippen LogP contribution in [-0.4, -0.2) is 27.3 Å². The summed E-state index contributed by atoms with van der Waals surface area (Å²) in [6.45, 7) is 0. The molecule has 0 bridgehead atoms. The minimum atomic E-state index is -0.785. The maximum atomic E-state index is 12.4. The van der Waals surface area contributed by atoms with E-state index in [0.717, 1.165) is 12.1 Å². The molecule has 0 radical (unpaired) electrons. The number of hydrogen-bond donors (Lipinski definition) is 3. The van der Waals surface area contributed by atoms with Crippen LogP contribution >= 0.6 is 0 Å². The molecule has 9 heteroatoms. The van der Waals surface area contributed by atoms with Crippen molar-refractivity contribution in [2.75, 3.05) is 0 Å². The number of ether oxygens (including phenoxy) is 2. The maximum Gasteiger partial charge on any atom is 0.311 e. The van der Waals surface area contributed by atoms with Crippen molar-refractivity contribution in [3.8, 4) is 40.1 Å². The SMILES string of the molecule is O=C(CCC(=O)Oc1cc(-c2cc(=O)c3c(O)cc(O)cc3o2)ccc1O)Oc1ccccc1. The van der Waals surface area contributed by atoms with Crippen LogP contribution in [0.25, 0.3) is 22.3 Å². The average Bonchev–Trinajstić information content (AvgIpc) is 2.79. The molecule has 0 amide bonds. The molecule has 172 valence electrons. The lowest BCUT2D eigenvalue weighted by Crippen LogP contribution is -2.14. The first-order chi connectivity index (χ1) is 16.3. The molecule has 9 nitrogen and oxygen atoms in total. The molecule has 0 unspecified atom stereocenters. The fourth-order valence-corrected chi connectivity index (χ4v) is 3.19. The summed E-state index contributed by atoms with van der Waals surface area (Å²) in [5, 5.41) is 29.5. The predicted octanol–water partition coefficient (Wildman–Crippen LogP) is 3.87. The number of para-hydroxylation sites is 1. The van der Waals surface area contributed by atoms with Gasteiger partial charge in [-0.05, 0) is 30.3 Å². The van der Waals surface area contributed by atoms with Crippen molar-refractivity contribution >= 4 is 22.9 Å². The summed E-state index contributed by atoms with van der Waals surface area (Å²) in [4.78, 5) is 36.5. The van der Waals surface area contributed by atoms with Crippen LogP contribution in [0.4, 0.5) is 0 Å². The second-order valence-electron chi connectivity index (χ2n) is 7.26. The van der Waals surface area contributed by atoms with Crippen LogP contribution in [0.1, 0.15) is 12.8 Å². The van der Waals surface area contributed by atoms with Crippen LogP contribution in [0.5, 0.6) is 28.7 Å². The zero-order chi connectivity index (χ0) is 24.2. The molecule has 4 rings (SSSR count). The number of hydrogen-bond acceptors (Lipinski definition) is 9. The number of rotatable bonds is 6. The van der Waals surface area contributed by atoms with Gasteiger partial charge in [-0.2, -0.15) is 0 Å². The molecule has 0 atom stereocenters. The van der Waals surface area contributed by atoms with Gasteiger partial charge in [-0.1, -0.05) is 18.2 Å². The molecular weight excluding hydrogens is 444 g/mol. The third-order valence-corrected chi connectivity index (χ3v) is 4.77. The lowest BCUT2D eigenvalue weighted by molar-refractivity contribution is -0.140. The van der Waals surface area contributed by atoms with E-state index in [2.05, 4.69) is 0 Å². The Balaban J connectivity index is 1.49. The number of esters is 2. The highest BCUT2D eigenvalue weighted by Gasteiger charge is 2.16. The monoisotopic (exact) mass is 462 g/mol. The summed E-state index contributed by atoms with van der Waals surface area (Å²) in [6, 6.07) is 15.7. The highest BCUT2D eigenvalue weighted by molar-refractivity contribution is 5.86. The maximum absolute atomic E-state index is 12.4. The summed E-state index contributed by atoms with van der Waals surface area (Å²) in [7, 11) is 0. The largest absolute Gasteiger partial charge is 0.508 e. The van der Waals surface area contributed by atoms with E-state index in [1.54, 1.807) is 30.3 Å². The van der Waals surface area contributed by atoms with E-state index in [0.29, 0.717) is 5.75 Å². The number of aromatic hydroxyl groups is 3. The Morgan fingerprint density at radius 3 is 2.24 bits per heavy atom. The highest BCUT2D eigenvalue weighted by Crippen LogP contribution is 2.34. The molecule has 3 N–H and O–H groups in total. The Hall–Kier alpha value is -4.79. The van der Waals surface area contributed by atoms with Crippen molar-refractivity contribution in [3.05, 3.63) is 77.0 Å². The van der Waals surface area contributed by atoms with Gasteiger partial charge in [0, 0.05) is 23.8 Å². The van der Waals surface area contributed by atoms with Gasteiger partial charge < -0.3 is 29.2 Å². The molecule has 4 aromatic rings. The quantitative estimate of drug-likeness (QED) is 0.287. The number of fused-ring (bicyclic) bond motifs is 1. The molecule has 0 fully saturated rings. The summed E-state index contributed by atoms with van der Waals surface area (Å²) < 4.78 is 15.9. The van der Waals surface area contributed by atoms with Gasteiger partial charge in [0.1, 0.15) is 34.0 Å². The van der Waals surface area contributed by atoms with Crippen molar-refractivity contribution in [2.45, 2.75) is 12.8 Å². The first-order valence-corrected chi connectivity index (χ1v) is 10.1. The van der Waals surface area contributed by atoms with Crippen molar-refractivity contribution < 1.29 is 38.8 Å². The summed E-state index contributed by atoms with van der Waals surface area (Å²) in [5.74, 6) is -2.28. The minimum Gasteiger partial charge on any atom is -0.508 e. The molecule has 1 aromatic heterocycles. The molecule has 1 heterocycles. The zero-order valence-corrected chi connectivity index (χ0v) is 17.6. The van der Waals surface area contributed by atoms with Gasteiger partial charge in [0.05, 0.1) is 12.8 Å². The zero-order valence-electron chi connectivity index (χ0n) is 17.6. The van der Waals surface area contributed by atoms with Crippen LogP contribution < -0.4 is 14.9 Å². The second-order valence-corrected chi connectivity index (χ2v) is 7.26. The van der Waals surface area contributed by atoms with Crippen LogP contribution in [0.3, 0.4) is 0 Å². The van der Waals surface area contributed by atoms with Crippen LogP contribution in [0, 0.1) is 0 Å². The van der Waals surface area contributed by atoms with E-state index in [-0.39, 0.29) is 52.4 Å². The molecule has 0 aliphatic heterocycles. The third-order valence-electron chi connectivity index (χ3n) is 4.77. The Bertz CT molecular complexity index is 1440. The van der Waals surface area contributed by atoms with Gasteiger partial charge in [-0.3, -0.25) is 14.4 Å². The van der Waals surface area contributed by atoms with E-state index < -0.39 is 23.1 Å². The lowest BCUT2D eigenvalue weighted by atomic mass is 10.1. The van der Waals surface area contributed by atoms with E-state index in [1.165, 1.54) is 24.3 Å². The van der Waals surface area contributed by atoms with Gasteiger partial charge >= 0.3 is 11.9 Å². The van der Waals surface area contributed by atoms with Crippen molar-refractivity contribution in [1.82, 2.24) is 0 Å². The lowest BCUT2D eigenvalue weighted by Gasteiger charge is -2.09. The predicted molar refractivity (Wildman–Crippen MR) is 120 cm³/mol. The van der Waals surface area contributed by atoms with E-state index in [9.17, 15) is 29.7 Å². The Labute approximate surface area is 192 Å². The van der Waals surface area contributed by atoms with E-state index >= 15 is 0 Å². The molecule has 0 saturated heterocycles. The number of phenolic OH excluding ortho intramolecular Hbond substituents is 3. The third kappa shape index (κ3) is 4.99. The Morgan fingerprint density at radius 2 is 1.50 bits per heavy atom. The summed E-state index contributed by atoms with van der Waals surface area (Å²) in [5.41, 5.74) is -0.327. The molecule has 0 aliphatic rings. The fraction of sp³-hybridized carbons (Fsp3) is 0.0800. The fourth-order valence-electron chi connectivity index (χ4n) is 3.19. The average molecular weight is 462 g/mol. The Morgan fingerprint density at radius 1 is 0.794 bits per heavy atom. The minimum absolute atomic E-state index is 0.0474. The van der Waals surface area contributed by atoms with Crippen LogP contribution in [0.15, 0.2) is 75.9 Å². The highest BCUT2D eigenvalue weighted by atomic mass is 16.5. The molecule has 0 saturated carbocycles. The normalized spacial score (nSPS) is 10.7. The van der Waals surface area contributed by atoms with Crippen molar-refractivity contribution in [3.63, 3.8) is 0 Å². The summed E-state index contributed by atoms with van der Waals surface area (Å²) in [6.07, 6.45) is -0.528. The van der Waals surface area contributed by atoms with Crippen molar-refractivity contribution in [2.24, 2.45) is 0 Å². The molecule has 3 aromatic carbocycles. The molecule has 34 heavy (non-hydrogen) atoms. The van der Waals surface area contributed by atoms with Crippen molar-refractivity contribution in [1.29, 1.82) is 0 Å². The number of benzene rings is 3. The van der Waals surface area contributed by atoms with Gasteiger partial charge in [0.2, 0.25) is 0 Å². The molecular formula is C25H18O9. The molecule has 0 spiro atoms. The first-order valence-electron chi connectivity index (χ1n) is 10.1. The number of carbonyl (C=O) groups excluding carboxylic acids is 2. The van der Waals surface area contributed by atoms with Crippen LogP contribution in [0.2, 0.25) is 0 Å². The van der Waals surface area contributed by atoms with Gasteiger partial charge in [0.15, 0.2) is 16.9 Å².